The molecule has 12 heavy (non-hydrogen) atoms. The zero-order chi connectivity index (χ0) is 8.97. The topological polar surface area (TPSA) is 35.5 Å². The van der Waals surface area contributed by atoms with E-state index in [9.17, 15) is 4.79 Å². The molecule has 2 atom stereocenters. The Balaban J connectivity index is 2.41. The summed E-state index contributed by atoms with van der Waals surface area (Å²) in [6, 6.07) is 0. The van der Waals surface area contributed by atoms with E-state index >= 15 is 0 Å². The fourth-order valence-corrected chi connectivity index (χ4v) is 1.70. The minimum atomic E-state index is -0.732. The Bertz CT molecular complexity index is 160. The Labute approximate surface area is 77.0 Å². The van der Waals surface area contributed by atoms with Crippen LogP contribution in [-0.4, -0.2) is 24.7 Å². The summed E-state index contributed by atoms with van der Waals surface area (Å²) >= 11 is 5.12. The molecule has 1 aliphatic rings. The third-order valence-corrected chi connectivity index (χ3v) is 2.28. The average molecular weight is 193 g/mol. The monoisotopic (exact) mass is 192 g/mol. The fourth-order valence-electron chi connectivity index (χ4n) is 1.59. The van der Waals surface area contributed by atoms with Crippen molar-refractivity contribution < 1.29 is 14.3 Å². The van der Waals surface area contributed by atoms with Crippen molar-refractivity contribution in [3.8, 4) is 0 Å². The van der Waals surface area contributed by atoms with Crippen LogP contribution in [0.1, 0.15) is 25.7 Å². The normalized spacial score (nSPS) is 29.8. The van der Waals surface area contributed by atoms with Crippen LogP contribution in [0.15, 0.2) is 0 Å². The Kier molecular flexibility index (Phi) is 3.82. The van der Waals surface area contributed by atoms with E-state index in [4.69, 9.17) is 21.1 Å². The zero-order valence-electron chi connectivity index (χ0n) is 7.09. The molecule has 4 heteroatoms. The lowest BCUT2D eigenvalue weighted by Crippen LogP contribution is -2.34. The first kappa shape index (κ1) is 9.81. The molecule has 0 spiro atoms. The van der Waals surface area contributed by atoms with Gasteiger partial charge in [0.1, 0.15) is 6.10 Å². The quantitative estimate of drug-likeness (QED) is 0.630. The second-order valence-corrected chi connectivity index (χ2v) is 3.26. The number of methoxy groups -OCH3 is 1. The molecule has 3 nitrogen and oxygen atoms in total. The van der Waals surface area contributed by atoms with Crippen molar-refractivity contribution in [2.75, 3.05) is 7.11 Å². The highest BCUT2D eigenvalue weighted by Crippen LogP contribution is 2.23. The smallest absolute Gasteiger partial charge is 0.404 e. The van der Waals surface area contributed by atoms with Gasteiger partial charge < -0.3 is 9.47 Å². The van der Waals surface area contributed by atoms with Gasteiger partial charge in [0, 0.05) is 18.7 Å². The number of rotatable bonds is 2. The van der Waals surface area contributed by atoms with Crippen LogP contribution in [0, 0.1) is 0 Å². The van der Waals surface area contributed by atoms with Crippen molar-refractivity contribution in [3.63, 3.8) is 0 Å². The molecular formula is C8H13ClO3. The number of carbonyl (C=O) groups is 1. The average Bonchev–Trinajstić information content (AvgIpc) is 2.04. The van der Waals surface area contributed by atoms with Crippen LogP contribution < -0.4 is 0 Å². The molecule has 0 saturated heterocycles. The van der Waals surface area contributed by atoms with Crippen molar-refractivity contribution in [3.05, 3.63) is 0 Å². The summed E-state index contributed by atoms with van der Waals surface area (Å²) < 4.78 is 10.1. The molecule has 0 aromatic carbocycles. The fraction of sp³-hybridized carbons (Fsp3) is 0.875. The van der Waals surface area contributed by atoms with Gasteiger partial charge in [0.05, 0.1) is 6.10 Å². The van der Waals surface area contributed by atoms with Crippen LogP contribution in [0.4, 0.5) is 4.79 Å². The second kappa shape index (κ2) is 4.67. The largest absolute Gasteiger partial charge is 0.448 e. The summed E-state index contributed by atoms with van der Waals surface area (Å²) in [5.41, 5.74) is -0.732. The van der Waals surface area contributed by atoms with Gasteiger partial charge in [-0.1, -0.05) is 6.42 Å². The van der Waals surface area contributed by atoms with Gasteiger partial charge in [0.25, 0.3) is 0 Å². The van der Waals surface area contributed by atoms with Gasteiger partial charge in [-0.25, -0.2) is 4.79 Å². The number of hydrogen-bond acceptors (Lipinski definition) is 3. The number of carbonyl (C=O) groups excluding carboxylic acids is 1. The molecule has 0 aromatic heterocycles. The van der Waals surface area contributed by atoms with Gasteiger partial charge in [0.2, 0.25) is 0 Å². The van der Waals surface area contributed by atoms with Crippen molar-refractivity contribution >= 4 is 17.0 Å². The van der Waals surface area contributed by atoms with E-state index in [0.717, 1.165) is 25.7 Å². The lowest BCUT2D eigenvalue weighted by molar-refractivity contribution is -0.0376. The molecule has 0 radical (unpaired) electrons. The Morgan fingerprint density at radius 3 is 2.42 bits per heavy atom. The molecule has 70 valence electrons. The molecule has 0 aliphatic heterocycles. The first-order valence-corrected chi connectivity index (χ1v) is 4.50. The van der Waals surface area contributed by atoms with E-state index in [1.165, 1.54) is 0 Å². The summed E-state index contributed by atoms with van der Waals surface area (Å²) in [5.74, 6) is 0. The Morgan fingerprint density at radius 1 is 1.33 bits per heavy atom. The molecule has 0 aromatic rings. The standard InChI is InChI=1S/C8H13ClO3/c1-11-6-4-2-3-5-7(6)12-8(9)10/h6-7H,2-5H2,1H3/t6-,7-/m0/s1. The molecule has 1 rings (SSSR count). The van der Waals surface area contributed by atoms with Gasteiger partial charge in [-0.2, -0.15) is 0 Å². The predicted molar refractivity (Wildman–Crippen MR) is 45.4 cm³/mol. The molecule has 0 heterocycles. The lowest BCUT2D eigenvalue weighted by atomic mass is 9.95. The molecule has 0 amide bonds. The molecule has 0 unspecified atom stereocenters. The van der Waals surface area contributed by atoms with Crippen molar-refractivity contribution in [2.45, 2.75) is 37.9 Å². The highest BCUT2D eigenvalue weighted by atomic mass is 35.5. The van der Waals surface area contributed by atoms with Crippen LogP contribution in [0.2, 0.25) is 0 Å². The Morgan fingerprint density at radius 2 is 1.92 bits per heavy atom. The summed E-state index contributed by atoms with van der Waals surface area (Å²) in [7, 11) is 1.63. The minimum Gasteiger partial charge on any atom is -0.448 e. The van der Waals surface area contributed by atoms with Gasteiger partial charge in [-0.05, 0) is 19.3 Å². The van der Waals surface area contributed by atoms with Gasteiger partial charge >= 0.3 is 5.43 Å². The molecule has 1 fully saturated rings. The summed E-state index contributed by atoms with van der Waals surface area (Å²) in [5, 5.41) is 0. The van der Waals surface area contributed by atoms with E-state index in [1.807, 2.05) is 0 Å². The van der Waals surface area contributed by atoms with E-state index in [-0.39, 0.29) is 12.2 Å². The maximum Gasteiger partial charge on any atom is 0.404 e. The van der Waals surface area contributed by atoms with Crippen LogP contribution in [0.25, 0.3) is 0 Å². The second-order valence-electron chi connectivity index (χ2n) is 2.95. The molecular weight excluding hydrogens is 180 g/mol. The SMILES string of the molecule is CO[C@H]1CCCC[C@@H]1OC(=O)Cl. The van der Waals surface area contributed by atoms with Crippen LogP contribution >= 0.6 is 11.6 Å². The van der Waals surface area contributed by atoms with Crippen molar-refractivity contribution in [1.82, 2.24) is 0 Å². The van der Waals surface area contributed by atoms with E-state index < -0.39 is 5.43 Å². The van der Waals surface area contributed by atoms with Gasteiger partial charge in [-0.15, -0.1) is 0 Å². The van der Waals surface area contributed by atoms with Gasteiger partial charge in [-0.3, -0.25) is 0 Å². The third-order valence-electron chi connectivity index (χ3n) is 2.19. The highest BCUT2D eigenvalue weighted by molar-refractivity contribution is 6.61. The molecule has 0 N–H and O–H groups in total. The lowest BCUT2D eigenvalue weighted by Gasteiger charge is -2.28. The van der Waals surface area contributed by atoms with Crippen LogP contribution in [0.3, 0.4) is 0 Å². The summed E-state index contributed by atoms with van der Waals surface area (Å²) in [6.07, 6.45) is 3.90. The van der Waals surface area contributed by atoms with Crippen LogP contribution in [-0.2, 0) is 9.47 Å². The predicted octanol–water partition coefficient (Wildman–Crippen LogP) is 2.32. The van der Waals surface area contributed by atoms with E-state index in [2.05, 4.69) is 0 Å². The highest BCUT2D eigenvalue weighted by Gasteiger charge is 2.27. The Hall–Kier alpha value is -0.280. The maximum absolute atomic E-state index is 10.5. The minimum absolute atomic E-state index is 0.0291. The van der Waals surface area contributed by atoms with E-state index in [1.54, 1.807) is 7.11 Å². The zero-order valence-corrected chi connectivity index (χ0v) is 7.84. The van der Waals surface area contributed by atoms with E-state index in [0.29, 0.717) is 0 Å². The molecule has 1 aliphatic carbocycles. The first-order chi connectivity index (χ1) is 5.74. The molecule has 1 saturated carbocycles. The summed E-state index contributed by atoms with van der Waals surface area (Å²) in [6.45, 7) is 0. The maximum atomic E-state index is 10.5. The number of hydrogen-bond donors (Lipinski definition) is 0. The number of ether oxygens (including phenoxy) is 2. The summed E-state index contributed by atoms with van der Waals surface area (Å²) in [4.78, 5) is 10.5. The van der Waals surface area contributed by atoms with Crippen molar-refractivity contribution in [1.29, 1.82) is 0 Å². The van der Waals surface area contributed by atoms with Crippen LogP contribution in [0.5, 0.6) is 0 Å². The third kappa shape index (κ3) is 2.64. The first-order valence-electron chi connectivity index (χ1n) is 4.13. The molecule has 0 bridgehead atoms. The number of halogens is 1. The van der Waals surface area contributed by atoms with Gasteiger partial charge in [0.15, 0.2) is 0 Å². The van der Waals surface area contributed by atoms with Crippen molar-refractivity contribution in [2.24, 2.45) is 0 Å².